The van der Waals surface area contributed by atoms with Gasteiger partial charge in [0, 0.05) is 22.7 Å². The Bertz CT molecular complexity index is 1070. The molecule has 4 rings (SSSR count). The van der Waals surface area contributed by atoms with Gasteiger partial charge in [-0.1, -0.05) is 48.2 Å². The number of nitrogens with zero attached hydrogens (tertiary/aromatic N) is 3. The van der Waals surface area contributed by atoms with Gasteiger partial charge >= 0.3 is 0 Å². The Morgan fingerprint density at radius 3 is 2.66 bits per heavy atom. The molecule has 0 spiro atoms. The molecule has 4 nitrogen and oxygen atoms in total. The summed E-state index contributed by atoms with van der Waals surface area (Å²) < 4.78 is 2.17. The summed E-state index contributed by atoms with van der Waals surface area (Å²) in [5, 5.41) is 11.8. The van der Waals surface area contributed by atoms with Gasteiger partial charge in [-0.25, -0.2) is 0 Å². The lowest BCUT2D eigenvalue weighted by molar-refractivity contribution is 0.102. The predicted octanol–water partition coefficient (Wildman–Crippen LogP) is 5.52. The van der Waals surface area contributed by atoms with E-state index in [0.29, 0.717) is 5.75 Å². The van der Waals surface area contributed by atoms with Crippen LogP contribution in [0.4, 0.5) is 0 Å². The van der Waals surface area contributed by atoms with E-state index in [2.05, 4.69) is 56.5 Å². The number of hydrogen-bond donors (Lipinski definition) is 0. The molecule has 0 unspecified atom stereocenters. The average Bonchev–Trinajstić information content (AvgIpc) is 3.48. The molecule has 3 aromatic heterocycles. The van der Waals surface area contributed by atoms with Crippen LogP contribution in [0.3, 0.4) is 0 Å². The monoisotopic (exact) mass is 439 g/mol. The highest BCUT2D eigenvalue weighted by molar-refractivity contribution is 7.99. The lowest BCUT2D eigenvalue weighted by Crippen LogP contribution is -2.09. The van der Waals surface area contributed by atoms with Crippen molar-refractivity contribution in [3.8, 4) is 0 Å². The summed E-state index contributed by atoms with van der Waals surface area (Å²) >= 11 is 4.75. The molecule has 0 bridgehead atoms. The van der Waals surface area contributed by atoms with Gasteiger partial charge in [-0.05, 0) is 42.5 Å². The lowest BCUT2D eigenvalue weighted by atomic mass is 10.1. The van der Waals surface area contributed by atoms with E-state index in [1.54, 1.807) is 22.7 Å². The van der Waals surface area contributed by atoms with Crippen molar-refractivity contribution in [2.45, 2.75) is 31.5 Å². The Labute approximate surface area is 182 Å². The molecule has 4 aromatic rings. The van der Waals surface area contributed by atoms with Gasteiger partial charge < -0.3 is 4.57 Å². The number of thioether (sulfide) groups is 1. The van der Waals surface area contributed by atoms with Crippen LogP contribution in [0.2, 0.25) is 0 Å². The van der Waals surface area contributed by atoms with E-state index >= 15 is 0 Å². The second-order valence-corrected chi connectivity index (χ2v) is 9.93. The van der Waals surface area contributed by atoms with Gasteiger partial charge in [0.1, 0.15) is 5.82 Å². The van der Waals surface area contributed by atoms with Crippen LogP contribution < -0.4 is 0 Å². The van der Waals surface area contributed by atoms with Crippen molar-refractivity contribution < 1.29 is 4.79 Å². The van der Waals surface area contributed by atoms with Gasteiger partial charge in [0.2, 0.25) is 0 Å². The van der Waals surface area contributed by atoms with Crippen LogP contribution in [-0.2, 0) is 19.4 Å². The number of ketones is 1. The zero-order valence-electron chi connectivity index (χ0n) is 16.1. The maximum absolute atomic E-state index is 12.5. The summed E-state index contributed by atoms with van der Waals surface area (Å²) in [7, 11) is 0. The van der Waals surface area contributed by atoms with E-state index in [9.17, 15) is 4.79 Å². The second kappa shape index (κ2) is 9.52. The summed E-state index contributed by atoms with van der Waals surface area (Å²) in [5.74, 6) is 1.47. The Kier molecular flexibility index (Phi) is 6.59. The number of Topliss-reactive ketones (excluding diaryl/α,β-unsaturated/α-hetero) is 1. The third kappa shape index (κ3) is 5.23. The van der Waals surface area contributed by atoms with Crippen molar-refractivity contribution >= 4 is 40.2 Å². The summed E-state index contributed by atoms with van der Waals surface area (Å²) in [6.45, 7) is 2.82. The Morgan fingerprint density at radius 1 is 1.07 bits per heavy atom. The van der Waals surface area contributed by atoms with Crippen molar-refractivity contribution in [3.63, 3.8) is 0 Å². The molecule has 29 heavy (non-hydrogen) atoms. The van der Waals surface area contributed by atoms with E-state index in [1.165, 1.54) is 22.2 Å². The summed E-state index contributed by atoms with van der Waals surface area (Å²) in [6, 6.07) is 18.5. The fourth-order valence-electron chi connectivity index (χ4n) is 3.02. The molecular formula is C22H21N3OS3. The maximum atomic E-state index is 12.5. The minimum atomic E-state index is 0.144. The molecule has 0 atom stereocenters. The van der Waals surface area contributed by atoms with Crippen molar-refractivity contribution in [2.24, 2.45) is 0 Å². The molecule has 1 aromatic carbocycles. The standard InChI is InChI=1S/C22H21N3OS3/c1-16-9-10-20(29-16)19(26)15-28-22-24-23-21(14-18-8-5-13-27-18)25(22)12-11-17-6-3-2-4-7-17/h2-10,13H,11-12,14-15H2,1H3. The van der Waals surface area contributed by atoms with Crippen LogP contribution in [0.1, 0.15) is 30.8 Å². The molecule has 3 heterocycles. The number of hydrogen-bond acceptors (Lipinski definition) is 6. The Morgan fingerprint density at radius 2 is 1.93 bits per heavy atom. The predicted molar refractivity (Wildman–Crippen MR) is 121 cm³/mol. The highest BCUT2D eigenvalue weighted by Gasteiger charge is 2.16. The van der Waals surface area contributed by atoms with Crippen LogP contribution >= 0.6 is 34.4 Å². The molecule has 148 valence electrons. The van der Waals surface area contributed by atoms with Crippen molar-refractivity contribution in [1.82, 2.24) is 14.8 Å². The number of carbonyl (C=O) groups is 1. The quantitative estimate of drug-likeness (QED) is 0.255. The van der Waals surface area contributed by atoms with Gasteiger partial charge in [-0.2, -0.15) is 0 Å². The van der Waals surface area contributed by atoms with Crippen molar-refractivity contribution in [3.05, 3.63) is 86.0 Å². The zero-order chi connectivity index (χ0) is 20.1. The first-order chi connectivity index (χ1) is 14.2. The van der Waals surface area contributed by atoms with E-state index in [-0.39, 0.29) is 5.78 Å². The third-order valence-electron chi connectivity index (χ3n) is 4.52. The second-order valence-electron chi connectivity index (χ2n) is 6.66. The van der Waals surface area contributed by atoms with Crippen LogP contribution in [0.25, 0.3) is 0 Å². The smallest absolute Gasteiger partial charge is 0.191 e. The molecular weight excluding hydrogens is 418 g/mol. The number of rotatable bonds is 9. The normalized spacial score (nSPS) is 11.1. The van der Waals surface area contributed by atoms with Crippen molar-refractivity contribution in [1.29, 1.82) is 0 Å². The van der Waals surface area contributed by atoms with E-state index in [4.69, 9.17) is 0 Å². The molecule has 0 amide bonds. The zero-order valence-corrected chi connectivity index (χ0v) is 18.5. The Hall–Kier alpha value is -2.22. The minimum absolute atomic E-state index is 0.144. The first-order valence-corrected chi connectivity index (χ1v) is 12.1. The summed E-state index contributed by atoms with van der Waals surface area (Å²) in [5.41, 5.74) is 1.28. The van der Waals surface area contributed by atoms with Crippen molar-refractivity contribution in [2.75, 3.05) is 5.75 Å². The topological polar surface area (TPSA) is 47.8 Å². The summed E-state index contributed by atoms with van der Waals surface area (Å²) in [4.78, 5) is 15.7. The molecule has 0 saturated carbocycles. The number of thiophene rings is 2. The average molecular weight is 440 g/mol. The van der Waals surface area contributed by atoms with Gasteiger partial charge in [-0.3, -0.25) is 4.79 Å². The fourth-order valence-corrected chi connectivity index (χ4v) is 5.49. The molecule has 7 heteroatoms. The summed E-state index contributed by atoms with van der Waals surface area (Å²) in [6.07, 6.45) is 1.67. The molecule has 0 aliphatic carbocycles. The molecule has 0 aliphatic rings. The Balaban J connectivity index is 1.50. The maximum Gasteiger partial charge on any atom is 0.191 e. The van der Waals surface area contributed by atoms with Gasteiger partial charge in [0.05, 0.1) is 10.6 Å². The minimum Gasteiger partial charge on any atom is -0.305 e. The highest BCUT2D eigenvalue weighted by atomic mass is 32.2. The van der Waals surface area contributed by atoms with Crippen LogP contribution in [0.5, 0.6) is 0 Å². The van der Waals surface area contributed by atoms with Crippen LogP contribution in [0.15, 0.2) is 65.1 Å². The van der Waals surface area contributed by atoms with Gasteiger partial charge in [-0.15, -0.1) is 32.9 Å². The van der Waals surface area contributed by atoms with Gasteiger partial charge in [0.25, 0.3) is 0 Å². The lowest BCUT2D eigenvalue weighted by Gasteiger charge is -2.10. The SMILES string of the molecule is Cc1ccc(C(=O)CSc2nnc(Cc3cccs3)n2CCc2ccccc2)s1. The fraction of sp³-hybridized carbons (Fsp3) is 0.227. The van der Waals surface area contributed by atoms with Crippen LogP contribution in [0, 0.1) is 6.92 Å². The van der Waals surface area contributed by atoms with E-state index < -0.39 is 0 Å². The number of aromatic nitrogens is 3. The molecule has 0 aliphatic heterocycles. The largest absolute Gasteiger partial charge is 0.305 e. The first kappa shape index (κ1) is 20.1. The van der Waals surface area contributed by atoms with Crippen LogP contribution in [-0.4, -0.2) is 26.3 Å². The first-order valence-electron chi connectivity index (χ1n) is 9.40. The molecule has 0 saturated heterocycles. The third-order valence-corrected chi connectivity index (χ3v) is 7.41. The van der Waals surface area contributed by atoms with E-state index in [1.807, 2.05) is 25.1 Å². The van der Waals surface area contributed by atoms with Gasteiger partial charge in [0.15, 0.2) is 10.9 Å². The van der Waals surface area contributed by atoms with E-state index in [0.717, 1.165) is 40.1 Å². The highest BCUT2D eigenvalue weighted by Crippen LogP contribution is 2.24. The molecule has 0 N–H and O–H groups in total. The number of benzene rings is 1. The molecule has 0 fully saturated rings. The number of carbonyl (C=O) groups excluding carboxylic acids is 1. The molecule has 0 radical (unpaired) electrons. The number of aryl methyl sites for hydroxylation is 2.